The lowest BCUT2D eigenvalue weighted by molar-refractivity contribution is -0.147. The average molecular weight is 411 g/mol. The molecule has 0 unspecified atom stereocenters. The Labute approximate surface area is 177 Å². The van der Waals surface area contributed by atoms with Gasteiger partial charge in [0.2, 0.25) is 11.8 Å². The first-order valence-electron chi connectivity index (χ1n) is 10.7. The Balaban J connectivity index is 1.60. The maximum absolute atomic E-state index is 13.5. The topological polar surface area (TPSA) is 40.6 Å². The molecule has 1 aromatic carbocycles. The zero-order valence-corrected chi connectivity index (χ0v) is 18.4. The summed E-state index contributed by atoms with van der Waals surface area (Å²) in [6, 6.07) is 10.6. The minimum absolute atomic E-state index is 0.0337. The van der Waals surface area contributed by atoms with Gasteiger partial charge < -0.3 is 9.80 Å². The zero-order valence-electron chi connectivity index (χ0n) is 17.6. The van der Waals surface area contributed by atoms with Crippen molar-refractivity contribution in [2.24, 2.45) is 5.92 Å². The molecule has 0 N–H and O–H groups in total. The van der Waals surface area contributed by atoms with Gasteiger partial charge in [-0.3, -0.25) is 9.59 Å². The van der Waals surface area contributed by atoms with Crippen LogP contribution in [0, 0.1) is 12.8 Å². The smallest absolute Gasteiger partial charge is 0.243 e. The van der Waals surface area contributed by atoms with Gasteiger partial charge in [-0.2, -0.15) is 0 Å². The van der Waals surface area contributed by atoms with Gasteiger partial charge in [0.1, 0.15) is 6.54 Å². The van der Waals surface area contributed by atoms with Gasteiger partial charge in [0.15, 0.2) is 0 Å². The number of carbonyl (C=O) groups excluding carboxylic acids is 2. The molecular formula is C24H30N2O2S. The second kappa shape index (κ2) is 8.31. The highest BCUT2D eigenvalue weighted by atomic mass is 32.1. The molecule has 2 aromatic rings. The monoisotopic (exact) mass is 410 g/mol. The van der Waals surface area contributed by atoms with E-state index in [1.165, 1.54) is 16.0 Å². The van der Waals surface area contributed by atoms with E-state index in [1.54, 1.807) is 16.2 Å². The van der Waals surface area contributed by atoms with E-state index in [4.69, 9.17) is 0 Å². The van der Waals surface area contributed by atoms with Gasteiger partial charge in [-0.15, -0.1) is 11.3 Å². The Kier molecular flexibility index (Phi) is 5.77. The fraction of sp³-hybridized carbons (Fsp3) is 0.500. The van der Waals surface area contributed by atoms with Crippen LogP contribution in [0.5, 0.6) is 0 Å². The quantitative estimate of drug-likeness (QED) is 0.725. The normalized spacial score (nSPS) is 19.0. The first-order chi connectivity index (χ1) is 14.0. The van der Waals surface area contributed by atoms with Crippen molar-refractivity contribution in [3.63, 3.8) is 0 Å². The number of aryl methyl sites for hydroxylation is 1. The van der Waals surface area contributed by atoms with Gasteiger partial charge in [0.05, 0.1) is 6.04 Å². The van der Waals surface area contributed by atoms with Crippen LogP contribution in [0.4, 0.5) is 0 Å². The number of amides is 2. The molecule has 29 heavy (non-hydrogen) atoms. The van der Waals surface area contributed by atoms with Crippen molar-refractivity contribution in [1.82, 2.24) is 9.80 Å². The van der Waals surface area contributed by atoms with Crippen molar-refractivity contribution in [2.45, 2.75) is 58.5 Å². The number of hydrogen-bond donors (Lipinski definition) is 0. The van der Waals surface area contributed by atoms with Crippen LogP contribution in [0.1, 0.15) is 60.7 Å². The number of nitrogens with zero attached hydrogens (tertiary/aromatic N) is 2. The second-order valence-electron chi connectivity index (χ2n) is 8.64. The minimum Gasteiger partial charge on any atom is -0.331 e. The maximum atomic E-state index is 13.5. The first-order valence-corrected chi connectivity index (χ1v) is 11.6. The van der Waals surface area contributed by atoms with Gasteiger partial charge in [0.25, 0.3) is 0 Å². The van der Waals surface area contributed by atoms with E-state index in [1.807, 2.05) is 18.7 Å². The van der Waals surface area contributed by atoms with Crippen molar-refractivity contribution in [3.05, 3.63) is 57.3 Å². The lowest BCUT2D eigenvalue weighted by Crippen LogP contribution is -2.50. The largest absolute Gasteiger partial charge is 0.331 e. The summed E-state index contributed by atoms with van der Waals surface area (Å²) in [5, 5.41) is 2.13. The number of carbonyl (C=O) groups is 2. The Hall–Kier alpha value is -2.14. The van der Waals surface area contributed by atoms with Crippen LogP contribution in [-0.4, -0.2) is 40.7 Å². The summed E-state index contributed by atoms with van der Waals surface area (Å²) in [5.74, 6) is 0.316. The van der Waals surface area contributed by atoms with Crippen molar-refractivity contribution < 1.29 is 9.59 Å². The fourth-order valence-corrected chi connectivity index (χ4v) is 5.24. The Morgan fingerprint density at radius 2 is 1.90 bits per heavy atom. The predicted molar refractivity (Wildman–Crippen MR) is 117 cm³/mol. The molecule has 5 heteroatoms. The molecule has 1 aliphatic carbocycles. The minimum atomic E-state index is -0.0640. The Morgan fingerprint density at radius 3 is 2.52 bits per heavy atom. The summed E-state index contributed by atoms with van der Waals surface area (Å²) < 4.78 is 0. The van der Waals surface area contributed by atoms with Gasteiger partial charge >= 0.3 is 0 Å². The summed E-state index contributed by atoms with van der Waals surface area (Å²) in [6.07, 6.45) is 3.94. The molecule has 4 nitrogen and oxygen atoms in total. The summed E-state index contributed by atoms with van der Waals surface area (Å²) >= 11 is 1.78. The van der Waals surface area contributed by atoms with Crippen LogP contribution >= 0.6 is 11.3 Å². The van der Waals surface area contributed by atoms with Crippen LogP contribution in [0.15, 0.2) is 35.7 Å². The predicted octanol–water partition coefficient (Wildman–Crippen LogP) is 4.57. The van der Waals surface area contributed by atoms with Crippen LogP contribution in [0.25, 0.3) is 0 Å². The van der Waals surface area contributed by atoms with Crippen molar-refractivity contribution >= 4 is 23.2 Å². The molecule has 1 fully saturated rings. The van der Waals surface area contributed by atoms with Crippen LogP contribution < -0.4 is 0 Å². The molecule has 0 bridgehead atoms. The standard InChI is InChI=1S/C24H30N2O2S/c1-16(2)26(24(28)19-5-4-6-19)15-22(27)25-13-11-21-20(12-14-29-21)23(25)18-9-7-17(3)8-10-18/h7-10,12,14,16,19,23H,4-6,11,13,15H2,1-3H3/t23-/m1/s1. The van der Waals surface area contributed by atoms with Gasteiger partial charge in [0, 0.05) is 23.4 Å². The molecule has 154 valence electrons. The van der Waals surface area contributed by atoms with Crippen LogP contribution in [0.3, 0.4) is 0 Å². The second-order valence-corrected chi connectivity index (χ2v) is 9.64. The van der Waals surface area contributed by atoms with E-state index in [9.17, 15) is 9.59 Å². The average Bonchev–Trinajstić information content (AvgIpc) is 3.13. The Morgan fingerprint density at radius 1 is 1.17 bits per heavy atom. The van der Waals surface area contributed by atoms with E-state index in [0.717, 1.165) is 31.2 Å². The van der Waals surface area contributed by atoms with Gasteiger partial charge in [-0.1, -0.05) is 36.2 Å². The van der Waals surface area contributed by atoms with E-state index < -0.39 is 0 Å². The van der Waals surface area contributed by atoms with E-state index in [-0.39, 0.29) is 36.4 Å². The third kappa shape index (κ3) is 3.97. The molecule has 4 rings (SSSR count). The van der Waals surface area contributed by atoms with E-state index >= 15 is 0 Å². The summed E-state index contributed by atoms with van der Waals surface area (Å²) in [5.41, 5.74) is 3.59. The summed E-state index contributed by atoms with van der Waals surface area (Å²) in [4.78, 5) is 31.5. The molecule has 2 aliphatic rings. The number of hydrogen-bond acceptors (Lipinski definition) is 3. The number of rotatable bonds is 5. The lowest BCUT2D eigenvalue weighted by Gasteiger charge is -2.39. The molecule has 0 spiro atoms. The molecule has 1 aliphatic heterocycles. The molecule has 0 radical (unpaired) electrons. The zero-order chi connectivity index (χ0) is 20.5. The summed E-state index contributed by atoms with van der Waals surface area (Å²) in [6.45, 7) is 6.97. The molecule has 1 atom stereocenters. The number of thiophene rings is 1. The van der Waals surface area contributed by atoms with Crippen LogP contribution in [0.2, 0.25) is 0 Å². The van der Waals surface area contributed by atoms with E-state index in [2.05, 4.69) is 42.6 Å². The van der Waals surface area contributed by atoms with Crippen molar-refractivity contribution in [2.75, 3.05) is 13.1 Å². The molecule has 1 saturated carbocycles. The Bertz CT molecular complexity index is 883. The molecular weight excluding hydrogens is 380 g/mol. The number of fused-ring (bicyclic) bond motifs is 1. The highest BCUT2D eigenvalue weighted by Crippen LogP contribution is 2.38. The third-order valence-electron chi connectivity index (χ3n) is 6.35. The number of benzene rings is 1. The molecule has 1 aromatic heterocycles. The maximum Gasteiger partial charge on any atom is 0.243 e. The molecule has 0 saturated heterocycles. The highest BCUT2D eigenvalue weighted by molar-refractivity contribution is 7.10. The highest BCUT2D eigenvalue weighted by Gasteiger charge is 2.36. The van der Waals surface area contributed by atoms with E-state index in [0.29, 0.717) is 6.54 Å². The van der Waals surface area contributed by atoms with Crippen molar-refractivity contribution in [1.29, 1.82) is 0 Å². The fourth-order valence-electron chi connectivity index (χ4n) is 4.33. The molecule has 2 heterocycles. The summed E-state index contributed by atoms with van der Waals surface area (Å²) in [7, 11) is 0. The van der Waals surface area contributed by atoms with Crippen LogP contribution in [-0.2, 0) is 16.0 Å². The lowest BCUT2D eigenvalue weighted by atomic mass is 9.84. The van der Waals surface area contributed by atoms with Gasteiger partial charge in [-0.25, -0.2) is 0 Å². The SMILES string of the molecule is Cc1ccc([C@@H]2c3ccsc3CCN2C(=O)CN(C(=O)C2CCC2)C(C)C)cc1. The first kappa shape index (κ1) is 20.1. The third-order valence-corrected chi connectivity index (χ3v) is 7.34. The van der Waals surface area contributed by atoms with Crippen molar-refractivity contribution in [3.8, 4) is 0 Å². The molecule has 2 amide bonds. The van der Waals surface area contributed by atoms with Gasteiger partial charge in [-0.05, 0) is 62.6 Å².